The lowest BCUT2D eigenvalue weighted by Crippen LogP contribution is -2.34. The Morgan fingerprint density at radius 1 is 1.50 bits per heavy atom. The molecule has 0 saturated carbocycles. The van der Waals surface area contributed by atoms with Gasteiger partial charge in [-0.2, -0.15) is 0 Å². The average Bonchev–Trinajstić information content (AvgIpc) is 2.82. The summed E-state index contributed by atoms with van der Waals surface area (Å²) in [4.78, 5) is 12.9. The van der Waals surface area contributed by atoms with Crippen LogP contribution in [0.3, 0.4) is 0 Å². The Morgan fingerprint density at radius 2 is 2.22 bits per heavy atom. The predicted molar refractivity (Wildman–Crippen MR) is 76.1 cm³/mol. The number of amides is 1. The van der Waals surface area contributed by atoms with Gasteiger partial charge < -0.3 is 10.4 Å². The summed E-state index contributed by atoms with van der Waals surface area (Å²) in [7, 11) is 0. The Balaban J connectivity index is 2.51. The molecule has 0 aromatic carbocycles. The SMILES string of the molecule is CCc1ccsc1C(=O)NCC(C)(C)CCCO. The van der Waals surface area contributed by atoms with Crippen molar-refractivity contribution in [2.75, 3.05) is 13.2 Å². The van der Waals surface area contributed by atoms with Gasteiger partial charge in [-0.15, -0.1) is 11.3 Å². The van der Waals surface area contributed by atoms with Crippen molar-refractivity contribution in [3.63, 3.8) is 0 Å². The number of carbonyl (C=O) groups is 1. The third-order valence-corrected chi connectivity index (χ3v) is 4.03. The van der Waals surface area contributed by atoms with Crippen molar-refractivity contribution in [1.29, 1.82) is 0 Å². The highest BCUT2D eigenvalue weighted by Gasteiger charge is 2.20. The van der Waals surface area contributed by atoms with E-state index in [2.05, 4.69) is 26.1 Å². The van der Waals surface area contributed by atoms with Crippen LogP contribution in [-0.2, 0) is 6.42 Å². The van der Waals surface area contributed by atoms with Gasteiger partial charge in [-0.05, 0) is 41.7 Å². The maximum absolute atomic E-state index is 12.1. The topological polar surface area (TPSA) is 49.3 Å². The quantitative estimate of drug-likeness (QED) is 0.799. The normalized spacial score (nSPS) is 11.6. The fourth-order valence-corrected chi connectivity index (χ4v) is 2.77. The Hall–Kier alpha value is -0.870. The fourth-order valence-electron chi connectivity index (χ4n) is 1.86. The van der Waals surface area contributed by atoms with E-state index in [4.69, 9.17) is 5.11 Å². The average molecular weight is 269 g/mol. The summed E-state index contributed by atoms with van der Waals surface area (Å²) in [6.07, 6.45) is 2.58. The molecule has 0 spiro atoms. The molecule has 0 fully saturated rings. The number of nitrogens with one attached hydrogen (secondary N) is 1. The minimum Gasteiger partial charge on any atom is -0.396 e. The van der Waals surface area contributed by atoms with Crippen LogP contribution in [0.1, 0.15) is 48.8 Å². The second-order valence-electron chi connectivity index (χ2n) is 5.30. The van der Waals surface area contributed by atoms with E-state index in [1.807, 2.05) is 11.4 Å². The molecular formula is C14H23NO2S. The highest BCUT2D eigenvalue weighted by Crippen LogP contribution is 2.22. The summed E-state index contributed by atoms with van der Waals surface area (Å²) in [6, 6.07) is 2.01. The predicted octanol–water partition coefficient (Wildman–Crippen LogP) is 2.84. The van der Waals surface area contributed by atoms with Gasteiger partial charge in [0.05, 0.1) is 4.88 Å². The van der Waals surface area contributed by atoms with Gasteiger partial charge in [-0.1, -0.05) is 20.8 Å². The number of thiophene rings is 1. The van der Waals surface area contributed by atoms with Crippen LogP contribution in [-0.4, -0.2) is 24.2 Å². The number of aryl methyl sites for hydroxylation is 1. The molecule has 1 heterocycles. The van der Waals surface area contributed by atoms with Gasteiger partial charge in [0.15, 0.2) is 0 Å². The van der Waals surface area contributed by atoms with Gasteiger partial charge in [-0.25, -0.2) is 0 Å². The van der Waals surface area contributed by atoms with Crippen molar-refractivity contribution in [3.8, 4) is 0 Å². The van der Waals surface area contributed by atoms with Crippen LogP contribution in [0.2, 0.25) is 0 Å². The number of hydrogen-bond acceptors (Lipinski definition) is 3. The van der Waals surface area contributed by atoms with Crippen LogP contribution in [0.5, 0.6) is 0 Å². The lowest BCUT2D eigenvalue weighted by atomic mass is 9.88. The zero-order valence-corrected chi connectivity index (χ0v) is 12.3. The lowest BCUT2D eigenvalue weighted by molar-refractivity contribution is 0.0936. The van der Waals surface area contributed by atoms with E-state index in [0.717, 1.165) is 29.7 Å². The minimum atomic E-state index is 0.0268. The molecule has 2 N–H and O–H groups in total. The standard InChI is InChI=1S/C14H23NO2S/c1-4-11-6-9-18-12(11)13(17)15-10-14(2,3)7-5-8-16/h6,9,16H,4-5,7-8,10H2,1-3H3,(H,15,17). The van der Waals surface area contributed by atoms with Gasteiger partial charge in [0.25, 0.3) is 5.91 Å². The summed E-state index contributed by atoms with van der Waals surface area (Å²) >= 11 is 1.50. The molecule has 0 unspecified atom stereocenters. The number of hydrogen-bond donors (Lipinski definition) is 2. The summed E-state index contributed by atoms with van der Waals surface area (Å²) in [5.74, 6) is 0.0268. The number of aliphatic hydroxyl groups excluding tert-OH is 1. The van der Waals surface area contributed by atoms with E-state index >= 15 is 0 Å². The lowest BCUT2D eigenvalue weighted by Gasteiger charge is -2.24. The zero-order chi connectivity index (χ0) is 13.6. The Labute approximate surface area is 113 Å². The first-order valence-corrected chi connectivity index (χ1v) is 7.33. The van der Waals surface area contributed by atoms with Gasteiger partial charge >= 0.3 is 0 Å². The Morgan fingerprint density at radius 3 is 2.83 bits per heavy atom. The van der Waals surface area contributed by atoms with Crippen molar-refractivity contribution in [3.05, 3.63) is 21.9 Å². The maximum Gasteiger partial charge on any atom is 0.261 e. The third-order valence-electron chi connectivity index (χ3n) is 3.07. The Bertz CT molecular complexity index is 385. The van der Waals surface area contributed by atoms with E-state index in [1.54, 1.807) is 0 Å². The molecule has 0 saturated heterocycles. The molecule has 0 aliphatic heterocycles. The molecule has 18 heavy (non-hydrogen) atoms. The minimum absolute atomic E-state index is 0.0268. The largest absolute Gasteiger partial charge is 0.396 e. The second kappa shape index (κ2) is 6.90. The third kappa shape index (κ3) is 4.42. The van der Waals surface area contributed by atoms with E-state index in [9.17, 15) is 4.79 Å². The molecule has 102 valence electrons. The number of aliphatic hydroxyl groups is 1. The monoisotopic (exact) mass is 269 g/mol. The van der Waals surface area contributed by atoms with Crippen molar-refractivity contribution < 1.29 is 9.90 Å². The molecule has 3 nitrogen and oxygen atoms in total. The molecule has 0 bridgehead atoms. The summed E-state index contributed by atoms with van der Waals surface area (Å²) < 4.78 is 0. The number of carbonyl (C=O) groups excluding carboxylic acids is 1. The molecule has 1 rings (SSSR count). The fraction of sp³-hybridized carbons (Fsp3) is 0.643. The van der Waals surface area contributed by atoms with Gasteiger partial charge in [0.2, 0.25) is 0 Å². The van der Waals surface area contributed by atoms with Gasteiger partial charge in [0.1, 0.15) is 0 Å². The van der Waals surface area contributed by atoms with E-state index in [-0.39, 0.29) is 17.9 Å². The van der Waals surface area contributed by atoms with Crippen molar-refractivity contribution in [1.82, 2.24) is 5.32 Å². The van der Waals surface area contributed by atoms with Crippen LogP contribution >= 0.6 is 11.3 Å². The maximum atomic E-state index is 12.1. The molecule has 0 aliphatic rings. The van der Waals surface area contributed by atoms with Crippen LogP contribution in [0.15, 0.2) is 11.4 Å². The van der Waals surface area contributed by atoms with E-state index in [1.165, 1.54) is 11.3 Å². The van der Waals surface area contributed by atoms with Crippen LogP contribution in [0, 0.1) is 5.41 Å². The molecule has 0 aliphatic carbocycles. The first-order chi connectivity index (χ1) is 8.50. The van der Waals surface area contributed by atoms with E-state index in [0.29, 0.717) is 6.54 Å². The van der Waals surface area contributed by atoms with E-state index < -0.39 is 0 Å². The van der Waals surface area contributed by atoms with Crippen LogP contribution < -0.4 is 5.32 Å². The highest BCUT2D eigenvalue weighted by atomic mass is 32.1. The van der Waals surface area contributed by atoms with Crippen LogP contribution in [0.4, 0.5) is 0 Å². The molecule has 1 aromatic heterocycles. The van der Waals surface area contributed by atoms with Crippen molar-refractivity contribution in [2.45, 2.75) is 40.0 Å². The molecule has 1 aromatic rings. The summed E-state index contributed by atoms with van der Waals surface area (Å²) in [5.41, 5.74) is 1.15. The van der Waals surface area contributed by atoms with Crippen molar-refractivity contribution >= 4 is 17.2 Å². The Kier molecular flexibility index (Phi) is 5.82. The summed E-state index contributed by atoms with van der Waals surface area (Å²) in [5, 5.41) is 13.8. The van der Waals surface area contributed by atoms with Gasteiger partial charge in [-0.3, -0.25) is 4.79 Å². The molecular weight excluding hydrogens is 246 g/mol. The van der Waals surface area contributed by atoms with Crippen LogP contribution in [0.25, 0.3) is 0 Å². The van der Waals surface area contributed by atoms with Gasteiger partial charge in [0, 0.05) is 13.2 Å². The first-order valence-electron chi connectivity index (χ1n) is 6.45. The molecule has 4 heteroatoms. The number of rotatable bonds is 7. The zero-order valence-electron chi connectivity index (χ0n) is 11.5. The first kappa shape index (κ1) is 15.2. The molecule has 0 atom stereocenters. The van der Waals surface area contributed by atoms with Crippen molar-refractivity contribution in [2.24, 2.45) is 5.41 Å². The smallest absolute Gasteiger partial charge is 0.261 e. The molecule has 0 radical (unpaired) electrons. The highest BCUT2D eigenvalue weighted by molar-refractivity contribution is 7.12. The second-order valence-corrected chi connectivity index (χ2v) is 6.22. The molecule has 1 amide bonds. The summed E-state index contributed by atoms with van der Waals surface area (Å²) in [6.45, 7) is 7.13.